The molecule has 0 unspecified atom stereocenters. The smallest absolute Gasteiger partial charge is 0.161 e. The van der Waals surface area contributed by atoms with E-state index >= 15 is 0 Å². The molecule has 2 heterocycles. The number of nitrogens with zero attached hydrogens (tertiary/aromatic N) is 1. The van der Waals surface area contributed by atoms with Gasteiger partial charge in [0.1, 0.15) is 11.1 Å². The van der Waals surface area contributed by atoms with E-state index in [4.69, 9.17) is 97.2 Å². The van der Waals surface area contributed by atoms with E-state index < -0.39 is 5.92 Å². The molecule has 43 heavy (non-hydrogen) atoms. The fourth-order valence-corrected chi connectivity index (χ4v) is 8.49. The molecule has 0 aliphatic heterocycles. The molecule has 5 aromatic carbocycles. The van der Waals surface area contributed by atoms with E-state index in [2.05, 4.69) is 0 Å². The van der Waals surface area contributed by atoms with Crippen molar-refractivity contribution in [1.29, 1.82) is 0 Å². The molecule has 7 rings (SSSR count). The van der Waals surface area contributed by atoms with Gasteiger partial charge in [-0.1, -0.05) is 117 Å². The first-order valence-corrected chi connectivity index (χ1v) is 15.8. The number of benzene rings is 5. The predicted molar refractivity (Wildman–Crippen MR) is 184 cm³/mol. The first kappa shape index (κ1) is 29.5. The second kappa shape index (κ2) is 11.3. The van der Waals surface area contributed by atoms with Crippen LogP contribution < -0.4 is 0 Å². The van der Waals surface area contributed by atoms with Crippen LogP contribution in [0.4, 0.5) is 0 Å². The molecule has 0 fully saturated rings. The molecule has 2 nitrogen and oxygen atoms in total. The molecule has 0 amide bonds. The Morgan fingerprint density at radius 2 is 1.02 bits per heavy atom. The Labute approximate surface area is 286 Å². The quantitative estimate of drug-likeness (QED) is 0.165. The molecule has 0 spiro atoms. The van der Waals surface area contributed by atoms with Crippen molar-refractivity contribution in [1.82, 2.24) is 4.57 Å². The van der Waals surface area contributed by atoms with Crippen molar-refractivity contribution in [3.8, 4) is 5.69 Å². The summed E-state index contributed by atoms with van der Waals surface area (Å²) in [6.07, 6.45) is 0. The molecule has 0 radical (unpaired) electrons. The highest BCUT2D eigenvalue weighted by molar-refractivity contribution is 6.41. The highest BCUT2D eigenvalue weighted by atomic mass is 35.5. The number of hydrogen-bond donors (Lipinski definition) is 0. The van der Waals surface area contributed by atoms with E-state index in [-0.39, 0.29) is 0 Å². The maximum atomic E-state index is 7.16. The van der Waals surface area contributed by atoms with Crippen LogP contribution in [0.2, 0.25) is 40.2 Å². The molecule has 0 aliphatic carbocycles. The Morgan fingerprint density at radius 1 is 0.535 bits per heavy atom. The normalized spacial score (nSPS) is 11.9. The first-order chi connectivity index (χ1) is 20.6. The molecule has 214 valence electrons. The zero-order valence-corrected chi connectivity index (χ0v) is 27.6. The van der Waals surface area contributed by atoms with Crippen LogP contribution >= 0.6 is 92.8 Å². The van der Waals surface area contributed by atoms with Crippen molar-refractivity contribution >= 4 is 126 Å². The number of aromatic nitrogens is 1. The van der Waals surface area contributed by atoms with E-state index in [1.807, 2.05) is 65.2 Å². The average Bonchev–Trinajstić information content (AvgIpc) is 3.46. The maximum absolute atomic E-state index is 7.16. The van der Waals surface area contributed by atoms with Crippen molar-refractivity contribution in [2.45, 2.75) is 5.92 Å². The molecular weight excluding hydrogens is 710 g/mol. The van der Waals surface area contributed by atoms with E-state index in [0.717, 1.165) is 33.0 Å². The average molecular weight is 725 g/mol. The van der Waals surface area contributed by atoms with Gasteiger partial charge in [0.15, 0.2) is 5.58 Å². The van der Waals surface area contributed by atoms with Crippen molar-refractivity contribution in [3.05, 3.63) is 142 Å². The lowest BCUT2D eigenvalue weighted by Gasteiger charge is -2.25. The molecule has 10 heteroatoms. The maximum Gasteiger partial charge on any atom is 0.161 e. The van der Waals surface area contributed by atoms with Gasteiger partial charge in [0.2, 0.25) is 0 Å². The first-order valence-electron chi connectivity index (χ1n) is 12.8. The Balaban J connectivity index is 1.53. The SMILES string of the molecule is Clc1cc(Cl)c(C(c2cc(Cl)c(-n3c4ccccc4c4oc5ccccc5c43)c(Cl)c2)c2c(Cl)cc(Cl)cc2Cl)c(Cl)c1. The van der Waals surface area contributed by atoms with Crippen molar-refractivity contribution < 1.29 is 4.42 Å². The molecule has 0 aliphatic rings. The Kier molecular flexibility index (Phi) is 7.73. The summed E-state index contributed by atoms with van der Waals surface area (Å²) in [5.41, 5.74) is 5.56. The van der Waals surface area contributed by atoms with E-state index in [9.17, 15) is 0 Å². The molecule has 7 aromatic rings. The Bertz CT molecular complexity index is 2120. The molecule has 0 bridgehead atoms. The van der Waals surface area contributed by atoms with Crippen LogP contribution in [0, 0.1) is 0 Å². The van der Waals surface area contributed by atoms with Crippen molar-refractivity contribution in [2.75, 3.05) is 0 Å². The van der Waals surface area contributed by atoms with Gasteiger partial charge in [-0.05, 0) is 66.2 Å². The fourth-order valence-electron chi connectivity index (χ4n) is 5.75. The van der Waals surface area contributed by atoms with Gasteiger partial charge in [0, 0.05) is 58.0 Å². The van der Waals surface area contributed by atoms with Crippen LogP contribution in [0.25, 0.3) is 38.7 Å². The van der Waals surface area contributed by atoms with Crippen LogP contribution in [0.15, 0.2) is 89.3 Å². The van der Waals surface area contributed by atoms with Crippen LogP contribution in [0.1, 0.15) is 22.6 Å². The second-order valence-electron chi connectivity index (χ2n) is 9.96. The highest BCUT2D eigenvalue weighted by Gasteiger charge is 2.30. The summed E-state index contributed by atoms with van der Waals surface area (Å²) in [5.74, 6) is -0.672. The van der Waals surface area contributed by atoms with Crippen molar-refractivity contribution in [2.24, 2.45) is 0 Å². The second-order valence-corrected chi connectivity index (χ2v) is 13.3. The summed E-state index contributed by atoms with van der Waals surface area (Å²) >= 11 is 53.9. The van der Waals surface area contributed by atoms with Gasteiger partial charge in [0.25, 0.3) is 0 Å². The van der Waals surface area contributed by atoms with Gasteiger partial charge in [-0.2, -0.15) is 0 Å². The zero-order chi connectivity index (χ0) is 30.2. The largest absolute Gasteiger partial charge is 0.454 e. The third-order valence-electron chi connectivity index (χ3n) is 7.44. The molecule has 0 atom stereocenters. The summed E-state index contributed by atoms with van der Waals surface area (Å²) in [7, 11) is 0. The lowest BCUT2D eigenvalue weighted by atomic mass is 9.84. The third kappa shape index (κ3) is 4.88. The van der Waals surface area contributed by atoms with Crippen LogP contribution in [-0.4, -0.2) is 4.57 Å². The molecule has 0 N–H and O–H groups in total. The molecule has 2 aromatic heterocycles. The minimum Gasteiger partial charge on any atom is -0.454 e. The summed E-state index contributed by atoms with van der Waals surface area (Å²) in [4.78, 5) is 0. The fraction of sp³-hybridized carbons (Fsp3) is 0.0303. The molecular formula is C33H15Cl8NO. The topological polar surface area (TPSA) is 18.1 Å². The van der Waals surface area contributed by atoms with E-state index in [1.54, 1.807) is 24.3 Å². The predicted octanol–water partition coefficient (Wildman–Crippen LogP) is 13.9. The Hall–Kier alpha value is -2.24. The van der Waals surface area contributed by atoms with Gasteiger partial charge >= 0.3 is 0 Å². The van der Waals surface area contributed by atoms with Gasteiger partial charge in [-0.15, -0.1) is 0 Å². The monoisotopic (exact) mass is 721 g/mol. The number of furan rings is 1. The van der Waals surface area contributed by atoms with Gasteiger partial charge < -0.3 is 8.98 Å². The van der Waals surface area contributed by atoms with Crippen LogP contribution in [0.3, 0.4) is 0 Å². The van der Waals surface area contributed by atoms with Crippen LogP contribution in [-0.2, 0) is 0 Å². The zero-order valence-electron chi connectivity index (χ0n) is 21.5. The third-order valence-corrected chi connectivity index (χ3v) is 9.71. The lowest BCUT2D eigenvalue weighted by Crippen LogP contribution is -2.08. The van der Waals surface area contributed by atoms with Gasteiger partial charge in [-0.25, -0.2) is 0 Å². The Morgan fingerprint density at radius 3 is 1.58 bits per heavy atom. The lowest BCUT2D eigenvalue weighted by molar-refractivity contribution is 0.673. The molecule has 0 saturated carbocycles. The standard InChI is InChI=1S/C33H15Cl8NO/c34-16-11-20(36)29(21(37)12-16)28(30-22(38)13-17(35)14-23(30)39)15-9-24(40)32(25(41)10-15)42-26-7-3-1-5-18(26)33-31(42)19-6-2-4-8-27(19)43-33/h1-14,28H. The number of hydrogen-bond acceptors (Lipinski definition) is 1. The minimum absolute atomic E-state index is 0.323. The van der Waals surface area contributed by atoms with Crippen LogP contribution in [0.5, 0.6) is 0 Å². The molecule has 0 saturated heterocycles. The number of halogens is 8. The number of para-hydroxylation sites is 2. The summed E-state index contributed by atoms with van der Waals surface area (Å²) in [6, 6.07) is 25.9. The minimum atomic E-state index is -0.672. The number of fused-ring (bicyclic) bond motifs is 5. The summed E-state index contributed by atoms with van der Waals surface area (Å²) < 4.78 is 8.34. The van der Waals surface area contributed by atoms with Gasteiger partial charge in [0.05, 0.1) is 21.2 Å². The van der Waals surface area contributed by atoms with Crippen molar-refractivity contribution in [3.63, 3.8) is 0 Å². The summed E-state index contributed by atoms with van der Waals surface area (Å²) in [5, 5.41) is 4.68. The van der Waals surface area contributed by atoms with E-state index in [0.29, 0.717) is 62.6 Å². The van der Waals surface area contributed by atoms with E-state index in [1.165, 1.54) is 0 Å². The highest BCUT2D eigenvalue weighted by Crippen LogP contribution is 2.49. The van der Waals surface area contributed by atoms with Gasteiger partial charge in [-0.3, -0.25) is 0 Å². The summed E-state index contributed by atoms with van der Waals surface area (Å²) in [6.45, 7) is 0. The number of rotatable bonds is 4.